The van der Waals surface area contributed by atoms with Crippen molar-refractivity contribution < 1.29 is 9.90 Å². The van der Waals surface area contributed by atoms with Crippen molar-refractivity contribution >= 4 is 5.78 Å². The predicted octanol–water partition coefficient (Wildman–Crippen LogP) is 2.54. The maximum atomic E-state index is 11.6. The van der Waals surface area contributed by atoms with E-state index in [-0.39, 0.29) is 11.7 Å². The van der Waals surface area contributed by atoms with Gasteiger partial charge < -0.3 is 5.11 Å². The Balaban J connectivity index is 2.13. The first-order valence-corrected chi connectivity index (χ1v) is 6.10. The van der Waals surface area contributed by atoms with Crippen LogP contribution < -0.4 is 0 Å². The highest BCUT2D eigenvalue weighted by atomic mass is 16.3. The van der Waals surface area contributed by atoms with Crippen LogP contribution in [0.5, 0.6) is 0 Å². The van der Waals surface area contributed by atoms with Crippen molar-refractivity contribution in [3.63, 3.8) is 0 Å². The molecule has 2 nitrogen and oxygen atoms in total. The molecule has 1 N–H and O–H groups in total. The van der Waals surface area contributed by atoms with Crippen molar-refractivity contribution in [3.05, 3.63) is 0 Å². The second-order valence-electron chi connectivity index (χ2n) is 6.42. The third kappa shape index (κ3) is 1.73. The van der Waals surface area contributed by atoms with E-state index < -0.39 is 5.60 Å². The van der Waals surface area contributed by atoms with Crippen molar-refractivity contribution in [1.82, 2.24) is 0 Å². The van der Waals surface area contributed by atoms with E-state index in [1.807, 2.05) is 0 Å². The lowest BCUT2D eigenvalue weighted by molar-refractivity contribution is -0.142. The third-order valence-corrected chi connectivity index (χ3v) is 4.55. The molecule has 2 aliphatic carbocycles. The fourth-order valence-corrected chi connectivity index (χ4v) is 3.29. The molecule has 0 amide bonds. The van der Waals surface area contributed by atoms with Gasteiger partial charge in [0.1, 0.15) is 5.60 Å². The van der Waals surface area contributed by atoms with Gasteiger partial charge >= 0.3 is 0 Å². The van der Waals surface area contributed by atoms with Gasteiger partial charge in [0, 0.05) is 6.42 Å². The minimum atomic E-state index is -0.943. The lowest BCUT2D eigenvalue weighted by Gasteiger charge is -2.42. The van der Waals surface area contributed by atoms with Gasteiger partial charge in [0.05, 0.1) is 0 Å². The lowest BCUT2D eigenvalue weighted by atomic mass is 9.64. The van der Waals surface area contributed by atoms with Crippen LogP contribution in [0, 0.1) is 17.3 Å². The van der Waals surface area contributed by atoms with Gasteiger partial charge in [-0.25, -0.2) is 0 Å². The molecule has 2 fully saturated rings. The maximum Gasteiger partial charge on any atom is 0.164 e. The molecule has 0 radical (unpaired) electrons. The first kappa shape index (κ1) is 11.1. The minimum Gasteiger partial charge on any atom is -0.382 e. The summed E-state index contributed by atoms with van der Waals surface area (Å²) in [4.78, 5) is 11.6. The Kier molecular flexibility index (Phi) is 2.45. The molecule has 0 aromatic heterocycles. The van der Waals surface area contributed by atoms with E-state index in [0.29, 0.717) is 24.2 Å². The summed E-state index contributed by atoms with van der Waals surface area (Å²) in [5, 5.41) is 10.3. The predicted molar refractivity (Wildman–Crippen MR) is 59.5 cm³/mol. The van der Waals surface area contributed by atoms with Crippen molar-refractivity contribution in [1.29, 1.82) is 0 Å². The van der Waals surface area contributed by atoms with E-state index in [4.69, 9.17) is 0 Å². The normalized spacial score (nSPS) is 41.7. The largest absolute Gasteiger partial charge is 0.382 e. The summed E-state index contributed by atoms with van der Waals surface area (Å²) in [6.45, 7) is 6.79. The zero-order valence-electron chi connectivity index (χ0n) is 10.0. The number of carbonyl (C=O) groups excluding carboxylic acids is 1. The SMILES string of the molecule is CC(C)(C)[C@H]1CC[C@]2(O)C(=O)CC[C@@H]2C1. The summed E-state index contributed by atoms with van der Waals surface area (Å²) in [6.07, 6.45) is 4.23. The Morgan fingerprint density at radius 2 is 2.00 bits per heavy atom. The van der Waals surface area contributed by atoms with Crippen molar-refractivity contribution in [2.75, 3.05) is 0 Å². The molecule has 0 unspecified atom stereocenters. The molecule has 2 rings (SSSR count). The van der Waals surface area contributed by atoms with Crippen LogP contribution in [0.4, 0.5) is 0 Å². The lowest BCUT2D eigenvalue weighted by Crippen LogP contribution is -2.46. The standard InChI is InChI=1S/C13H22O2/c1-12(2,3)9-6-7-13(15)10(8-9)4-5-11(13)14/h9-10,15H,4-8H2,1-3H3/t9-,10+,13+/m0/s1. The smallest absolute Gasteiger partial charge is 0.164 e. The van der Waals surface area contributed by atoms with Crippen LogP contribution in [0.2, 0.25) is 0 Å². The average Bonchev–Trinajstić information content (AvgIpc) is 2.41. The van der Waals surface area contributed by atoms with E-state index in [9.17, 15) is 9.90 Å². The number of ketones is 1. The number of carbonyl (C=O) groups is 1. The van der Waals surface area contributed by atoms with Crippen LogP contribution in [0.15, 0.2) is 0 Å². The van der Waals surface area contributed by atoms with E-state index in [1.165, 1.54) is 0 Å². The second kappa shape index (κ2) is 3.31. The Labute approximate surface area is 92.1 Å². The highest BCUT2D eigenvalue weighted by Crippen LogP contribution is 2.49. The Hall–Kier alpha value is -0.370. The first-order chi connectivity index (χ1) is 6.84. The fraction of sp³-hybridized carbons (Fsp3) is 0.923. The molecule has 0 spiro atoms. The van der Waals surface area contributed by atoms with E-state index in [2.05, 4.69) is 20.8 Å². The van der Waals surface area contributed by atoms with Crippen molar-refractivity contribution in [2.24, 2.45) is 17.3 Å². The zero-order chi connectivity index (χ0) is 11.3. The first-order valence-electron chi connectivity index (χ1n) is 6.10. The molecular weight excluding hydrogens is 188 g/mol. The van der Waals surface area contributed by atoms with Crippen LogP contribution >= 0.6 is 0 Å². The van der Waals surface area contributed by atoms with Crippen molar-refractivity contribution in [2.45, 2.75) is 58.5 Å². The van der Waals surface area contributed by atoms with Crippen LogP contribution in [-0.2, 0) is 4.79 Å². The van der Waals surface area contributed by atoms with Gasteiger partial charge in [-0.05, 0) is 42.9 Å². The van der Waals surface area contributed by atoms with Gasteiger partial charge in [-0.15, -0.1) is 0 Å². The Morgan fingerprint density at radius 3 is 2.60 bits per heavy atom. The molecule has 0 heterocycles. The molecular formula is C13H22O2. The number of fused-ring (bicyclic) bond motifs is 1. The molecule has 0 saturated heterocycles. The van der Waals surface area contributed by atoms with E-state index >= 15 is 0 Å². The quantitative estimate of drug-likeness (QED) is 0.667. The molecule has 0 bridgehead atoms. The second-order valence-corrected chi connectivity index (χ2v) is 6.42. The maximum absolute atomic E-state index is 11.6. The summed E-state index contributed by atoms with van der Waals surface area (Å²) < 4.78 is 0. The third-order valence-electron chi connectivity index (χ3n) is 4.55. The van der Waals surface area contributed by atoms with Gasteiger partial charge in [0.15, 0.2) is 5.78 Å². The average molecular weight is 210 g/mol. The molecule has 2 saturated carbocycles. The highest BCUT2D eigenvalue weighted by Gasteiger charge is 2.52. The molecule has 3 atom stereocenters. The molecule has 86 valence electrons. The van der Waals surface area contributed by atoms with Crippen LogP contribution in [-0.4, -0.2) is 16.5 Å². The minimum absolute atomic E-state index is 0.0971. The fourth-order valence-electron chi connectivity index (χ4n) is 3.29. The zero-order valence-corrected chi connectivity index (χ0v) is 10.0. The summed E-state index contributed by atoms with van der Waals surface area (Å²) in [5.41, 5.74) is -0.630. The molecule has 2 aliphatic rings. The van der Waals surface area contributed by atoms with Crippen LogP contribution in [0.1, 0.15) is 52.9 Å². The number of Topliss-reactive ketones (excluding diaryl/α,β-unsaturated/α-hetero) is 1. The van der Waals surface area contributed by atoms with Gasteiger partial charge in [0.25, 0.3) is 0 Å². The molecule has 15 heavy (non-hydrogen) atoms. The van der Waals surface area contributed by atoms with Gasteiger partial charge in [0.2, 0.25) is 0 Å². The monoisotopic (exact) mass is 210 g/mol. The van der Waals surface area contributed by atoms with Gasteiger partial charge in [-0.3, -0.25) is 4.79 Å². The molecule has 0 aromatic carbocycles. The Bertz CT molecular complexity index is 277. The molecule has 2 heteroatoms. The topological polar surface area (TPSA) is 37.3 Å². The number of hydrogen-bond donors (Lipinski definition) is 1. The van der Waals surface area contributed by atoms with Crippen LogP contribution in [0.25, 0.3) is 0 Å². The van der Waals surface area contributed by atoms with Gasteiger partial charge in [-0.2, -0.15) is 0 Å². The summed E-state index contributed by atoms with van der Waals surface area (Å²) in [6, 6.07) is 0. The number of aliphatic hydroxyl groups is 1. The van der Waals surface area contributed by atoms with Crippen LogP contribution in [0.3, 0.4) is 0 Å². The number of rotatable bonds is 0. The van der Waals surface area contributed by atoms with Crippen molar-refractivity contribution in [3.8, 4) is 0 Å². The highest BCUT2D eigenvalue weighted by molar-refractivity contribution is 5.89. The van der Waals surface area contributed by atoms with Gasteiger partial charge in [-0.1, -0.05) is 20.8 Å². The van der Waals surface area contributed by atoms with E-state index in [1.54, 1.807) is 0 Å². The summed E-state index contributed by atoms with van der Waals surface area (Å²) in [7, 11) is 0. The molecule has 0 aliphatic heterocycles. The van der Waals surface area contributed by atoms with E-state index in [0.717, 1.165) is 19.3 Å². The number of hydrogen-bond acceptors (Lipinski definition) is 2. The summed E-state index contributed by atoms with van der Waals surface area (Å²) in [5.74, 6) is 0.997. The summed E-state index contributed by atoms with van der Waals surface area (Å²) >= 11 is 0. The Morgan fingerprint density at radius 1 is 1.33 bits per heavy atom. The molecule has 0 aromatic rings.